The van der Waals surface area contributed by atoms with Gasteiger partial charge in [-0.2, -0.15) is 4.31 Å². The Morgan fingerprint density at radius 3 is 2.40 bits per heavy atom. The quantitative estimate of drug-likeness (QED) is 0.208. The third-order valence-electron chi connectivity index (χ3n) is 10.1. The van der Waals surface area contributed by atoms with Crippen molar-refractivity contribution in [3.8, 4) is 16.9 Å². The number of hydrogen-bond acceptors (Lipinski definition) is 10. The first-order valence-corrected chi connectivity index (χ1v) is 19.4. The van der Waals surface area contributed by atoms with E-state index < -0.39 is 42.9 Å². The van der Waals surface area contributed by atoms with Crippen molar-refractivity contribution in [2.45, 2.75) is 77.9 Å². The number of nitrogens with one attached hydrogen (secondary N) is 1. The summed E-state index contributed by atoms with van der Waals surface area (Å²) in [6.45, 7) is 3.27. The number of benzene rings is 3. The van der Waals surface area contributed by atoms with E-state index in [0.717, 1.165) is 16.7 Å². The molecule has 6 rings (SSSR count). The number of sulfone groups is 1. The van der Waals surface area contributed by atoms with Crippen LogP contribution in [0.4, 0.5) is 0 Å². The predicted molar refractivity (Wildman–Crippen MR) is 182 cm³/mol. The summed E-state index contributed by atoms with van der Waals surface area (Å²) in [6.07, 6.45) is 1.88. The Balaban J connectivity index is 0.991. The third kappa shape index (κ3) is 6.92. The van der Waals surface area contributed by atoms with E-state index >= 15 is 0 Å². The SMILES string of the molecule is Cc1c(-c2ccc(CN)cc2)cccc1S(=O)(=O)N1CCC2(CC1)C[C@@H](NC[C@H](O)COc1cccc(S(=O)(=O)C3(CO)CC3)c1)CO2. The standard InChI is InChI=1S/C35H45N3O8S2/c1-25-32(27-10-8-26(20-36)9-11-27)6-3-7-33(25)48(43,44)38-16-14-34(15-17-38)19-28(22-46-34)37-21-29(40)23-45-30-4-2-5-31(18-30)47(41,42)35(24-39)12-13-35/h2-11,18,28-29,37,39-40H,12-17,19-24,36H2,1H3/t28-,29+/m1/s1. The van der Waals surface area contributed by atoms with Crippen molar-refractivity contribution in [2.24, 2.45) is 5.73 Å². The van der Waals surface area contributed by atoms with E-state index in [-0.39, 0.29) is 24.1 Å². The Kier molecular flexibility index (Phi) is 10.0. The van der Waals surface area contributed by atoms with Gasteiger partial charge in [0, 0.05) is 32.2 Å². The van der Waals surface area contributed by atoms with Crippen molar-refractivity contribution in [1.29, 1.82) is 0 Å². The van der Waals surface area contributed by atoms with E-state index in [1.165, 1.54) is 12.1 Å². The van der Waals surface area contributed by atoms with E-state index in [1.54, 1.807) is 28.6 Å². The summed E-state index contributed by atoms with van der Waals surface area (Å²) >= 11 is 0. The maximum atomic E-state index is 13.8. The first kappa shape index (κ1) is 35.0. The van der Waals surface area contributed by atoms with E-state index in [0.29, 0.717) is 74.6 Å². The lowest BCUT2D eigenvalue weighted by Crippen LogP contribution is -2.47. The molecule has 11 nitrogen and oxygen atoms in total. The fraction of sp³-hybridized carbons (Fsp3) is 0.486. The summed E-state index contributed by atoms with van der Waals surface area (Å²) in [5.41, 5.74) is 8.86. The molecule has 48 heavy (non-hydrogen) atoms. The molecular formula is C35H45N3O8S2. The zero-order chi connectivity index (χ0) is 34.2. The average Bonchev–Trinajstić information content (AvgIpc) is 3.83. The number of rotatable bonds is 13. The van der Waals surface area contributed by atoms with E-state index in [9.17, 15) is 27.0 Å². The molecule has 2 heterocycles. The molecule has 13 heteroatoms. The molecule has 3 fully saturated rings. The highest BCUT2D eigenvalue weighted by atomic mass is 32.2. The molecule has 0 radical (unpaired) electrons. The lowest BCUT2D eigenvalue weighted by molar-refractivity contribution is -0.0312. The molecule has 0 bridgehead atoms. The van der Waals surface area contributed by atoms with Gasteiger partial charge in [-0.25, -0.2) is 16.8 Å². The summed E-state index contributed by atoms with van der Waals surface area (Å²) in [5, 5.41) is 23.5. The van der Waals surface area contributed by atoms with E-state index in [4.69, 9.17) is 15.2 Å². The molecule has 2 atom stereocenters. The van der Waals surface area contributed by atoms with Crippen LogP contribution in [0.15, 0.2) is 76.5 Å². The number of sulfonamides is 1. The number of nitrogens with two attached hydrogens (primary N) is 1. The van der Waals surface area contributed by atoms with Gasteiger partial charge in [-0.1, -0.05) is 42.5 Å². The van der Waals surface area contributed by atoms with Gasteiger partial charge in [0.25, 0.3) is 0 Å². The molecule has 3 aromatic rings. The molecular weight excluding hydrogens is 655 g/mol. The summed E-state index contributed by atoms with van der Waals surface area (Å²) < 4.78 is 65.9. The topological polar surface area (TPSA) is 168 Å². The average molecular weight is 700 g/mol. The number of nitrogens with zero attached hydrogens (tertiary/aromatic N) is 1. The lowest BCUT2D eigenvalue weighted by Gasteiger charge is -2.38. The zero-order valence-electron chi connectivity index (χ0n) is 27.2. The molecule has 3 aliphatic rings. The molecule has 0 amide bonds. The van der Waals surface area contributed by atoms with Crippen LogP contribution in [0.2, 0.25) is 0 Å². The Labute approximate surface area is 283 Å². The van der Waals surface area contributed by atoms with Gasteiger partial charge in [-0.15, -0.1) is 0 Å². The van der Waals surface area contributed by atoms with Crippen LogP contribution in [-0.4, -0.2) is 93.3 Å². The number of piperidine rings is 1. The van der Waals surface area contributed by atoms with Crippen molar-refractivity contribution < 1.29 is 36.5 Å². The van der Waals surface area contributed by atoms with Crippen molar-refractivity contribution in [1.82, 2.24) is 9.62 Å². The molecule has 0 aromatic heterocycles. The normalized spacial score (nSPS) is 21.3. The first-order valence-electron chi connectivity index (χ1n) is 16.4. The number of aliphatic hydroxyl groups is 2. The maximum Gasteiger partial charge on any atom is 0.243 e. The maximum absolute atomic E-state index is 13.8. The Morgan fingerprint density at radius 1 is 1.02 bits per heavy atom. The zero-order valence-corrected chi connectivity index (χ0v) is 28.8. The summed E-state index contributed by atoms with van der Waals surface area (Å²) in [7, 11) is -7.39. The van der Waals surface area contributed by atoms with Gasteiger partial charge >= 0.3 is 0 Å². The minimum absolute atomic E-state index is 0.00548. The predicted octanol–water partition coefficient (Wildman–Crippen LogP) is 2.76. The smallest absolute Gasteiger partial charge is 0.243 e. The molecule has 1 spiro atoms. The van der Waals surface area contributed by atoms with Crippen molar-refractivity contribution in [3.05, 3.63) is 77.9 Å². The lowest BCUT2D eigenvalue weighted by atomic mass is 9.88. The number of hydrogen-bond donors (Lipinski definition) is 4. The minimum atomic E-state index is -3.71. The van der Waals surface area contributed by atoms with E-state index in [1.807, 2.05) is 37.3 Å². The summed E-state index contributed by atoms with van der Waals surface area (Å²) in [5.74, 6) is 0.330. The molecule has 1 saturated carbocycles. The monoisotopic (exact) mass is 699 g/mol. The Morgan fingerprint density at radius 2 is 1.73 bits per heavy atom. The molecule has 0 unspecified atom stereocenters. The first-order chi connectivity index (χ1) is 22.9. The van der Waals surface area contributed by atoms with Gasteiger partial charge < -0.3 is 30.7 Å². The van der Waals surface area contributed by atoms with Crippen molar-refractivity contribution >= 4 is 19.9 Å². The summed E-state index contributed by atoms with van der Waals surface area (Å²) in [6, 6.07) is 19.4. The van der Waals surface area contributed by atoms with Crippen LogP contribution in [-0.2, 0) is 31.1 Å². The van der Waals surface area contributed by atoms with Crippen LogP contribution in [0.5, 0.6) is 5.75 Å². The van der Waals surface area contributed by atoms with Crippen LogP contribution in [0.3, 0.4) is 0 Å². The fourth-order valence-corrected chi connectivity index (χ4v) is 10.3. The Hall–Kier alpha value is -2.88. The second-order valence-corrected chi connectivity index (χ2v) is 17.6. The molecule has 1 aliphatic carbocycles. The minimum Gasteiger partial charge on any atom is -0.491 e. The number of ether oxygens (including phenoxy) is 2. The van der Waals surface area contributed by atoms with Crippen LogP contribution >= 0.6 is 0 Å². The van der Waals surface area contributed by atoms with Crippen LogP contribution < -0.4 is 15.8 Å². The van der Waals surface area contributed by atoms with Crippen molar-refractivity contribution in [3.63, 3.8) is 0 Å². The van der Waals surface area contributed by atoms with Gasteiger partial charge in [-0.05, 0) is 85.5 Å². The largest absolute Gasteiger partial charge is 0.491 e. The molecule has 2 aliphatic heterocycles. The molecule has 3 aromatic carbocycles. The van der Waals surface area contributed by atoms with Crippen LogP contribution in [0.1, 0.15) is 43.2 Å². The third-order valence-corrected chi connectivity index (χ3v) is 14.7. The Bertz CT molecular complexity index is 1820. The second-order valence-electron chi connectivity index (χ2n) is 13.3. The molecule has 5 N–H and O–H groups in total. The highest BCUT2D eigenvalue weighted by Crippen LogP contribution is 2.46. The van der Waals surface area contributed by atoms with Gasteiger partial charge in [0.05, 0.1) is 33.4 Å². The van der Waals surface area contributed by atoms with Gasteiger partial charge in [0.2, 0.25) is 10.0 Å². The van der Waals surface area contributed by atoms with Crippen LogP contribution in [0, 0.1) is 6.92 Å². The van der Waals surface area contributed by atoms with Gasteiger partial charge in [0.1, 0.15) is 18.5 Å². The second kappa shape index (κ2) is 13.8. The van der Waals surface area contributed by atoms with E-state index in [2.05, 4.69) is 5.32 Å². The molecule has 260 valence electrons. The van der Waals surface area contributed by atoms with Gasteiger partial charge in [0.15, 0.2) is 9.84 Å². The highest BCUT2D eigenvalue weighted by molar-refractivity contribution is 7.93. The molecule has 2 saturated heterocycles. The fourth-order valence-electron chi connectivity index (χ4n) is 6.81. The van der Waals surface area contributed by atoms with Crippen molar-refractivity contribution in [2.75, 3.05) is 39.5 Å². The summed E-state index contributed by atoms with van der Waals surface area (Å²) in [4.78, 5) is 0.413. The number of aliphatic hydroxyl groups excluding tert-OH is 2. The van der Waals surface area contributed by atoms with Crippen LogP contribution in [0.25, 0.3) is 11.1 Å². The highest BCUT2D eigenvalue weighted by Gasteiger charge is 2.54. The van der Waals surface area contributed by atoms with Gasteiger partial charge in [-0.3, -0.25) is 0 Å².